The van der Waals surface area contributed by atoms with Crippen molar-refractivity contribution >= 4 is 0 Å². The van der Waals surface area contributed by atoms with E-state index in [0.29, 0.717) is 0 Å². The number of rotatable bonds is 3. The number of hydrogen-bond acceptors (Lipinski definition) is 3. The second-order valence-electron chi connectivity index (χ2n) is 5.00. The molecule has 0 bridgehead atoms. The molecule has 4 heteroatoms. The first-order valence-electron chi connectivity index (χ1n) is 6.30. The summed E-state index contributed by atoms with van der Waals surface area (Å²) in [4.78, 5) is 7.01. The maximum atomic E-state index is 4.45. The van der Waals surface area contributed by atoms with Crippen LogP contribution in [0.5, 0.6) is 0 Å². The van der Waals surface area contributed by atoms with Crippen molar-refractivity contribution in [3.8, 4) is 0 Å². The monoisotopic (exact) mass is 220 g/mol. The van der Waals surface area contributed by atoms with E-state index < -0.39 is 0 Å². The van der Waals surface area contributed by atoms with Crippen LogP contribution < -0.4 is 5.32 Å². The summed E-state index contributed by atoms with van der Waals surface area (Å²) < 4.78 is 2.24. The minimum absolute atomic E-state index is 0.880. The van der Waals surface area contributed by atoms with E-state index in [-0.39, 0.29) is 0 Å². The fraction of sp³-hybridized carbons (Fsp3) is 0.750. The van der Waals surface area contributed by atoms with Gasteiger partial charge in [-0.1, -0.05) is 0 Å². The van der Waals surface area contributed by atoms with Crippen LogP contribution in [0, 0.1) is 11.8 Å². The van der Waals surface area contributed by atoms with Crippen molar-refractivity contribution in [2.24, 2.45) is 11.8 Å². The highest BCUT2D eigenvalue weighted by molar-refractivity contribution is 4.96. The maximum absolute atomic E-state index is 4.45. The summed E-state index contributed by atoms with van der Waals surface area (Å²) in [7, 11) is 0. The van der Waals surface area contributed by atoms with Gasteiger partial charge in [-0.3, -0.25) is 4.90 Å². The predicted octanol–water partition coefficient (Wildman–Crippen LogP) is 0.554. The van der Waals surface area contributed by atoms with E-state index in [1.165, 1.54) is 32.0 Å². The molecule has 2 aliphatic heterocycles. The van der Waals surface area contributed by atoms with Gasteiger partial charge in [-0.05, 0) is 31.8 Å². The fourth-order valence-corrected chi connectivity index (χ4v) is 3.06. The molecular weight excluding hydrogens is 200 g/mol. The van der Waals surface area contributed by atoms with Gasteiger partial charge in [0.15, 0.2) is 0 Å². The van der Waals surface area contributed by atoms with Crippen LogP contribution in [0.3, 0.4) is 0 Å². The molecule has 1 aromatic rings. The second kappa shape index (κ2) is 4.18. The lowest BCUT2D eigenvalue weighted by atomic mass is 10.0. The number of nitrogens with one attached hydrogen (secondary N) is 1. The highest BCUT2D eigenvalue weighted by atomic mass is 15.2. The average Bonchev–Trinajstić information content (AvgIpc) is 2.92. The van der Waals surface area contributed by atoms with Crippen LogP contribution in [-0.2, 0) is 13.1 Å². The summed E-state index contributed by atoms with van der Waals surface area (Å²) in [6, 6.07) is 0. The molecule has 1 aromatic heterocycles. The molecule has 88 valence electrons. The van der Waals surface area contributed by atoms with Crippen molar-refractivity contribution in [3.05, 3.63) is 18.2 Å². The first-order chi connectivity index (χ1) is 7.86. The Bertz CT molecular complexity index is 348. The third-order valence-corrected chi connectivity index (χ3v) is 3.97. The number of hydrogen-bond donors (Lipinski definition) is 1. The topological polar surface area (TPSA) is 33.1 Å². The standard InChI is InChI=1S/C12H20N4/c1-2-16-4-3-14-12(16)9-15-7-10-5-13-6-11(10)8-15/h3-4,10-11,13H,2,5-9H2,1H3/t10-,11+. The Balaban J connectivity index is 1.64. The largest absolute Gasteiger partial charge is 0.334 e. The van der Waals surface area contributed by atoms with Crippen molar-refractivity contribution in [3.63, 3.8) is 0 Å². The summed E-state index contributed by atoms with van der Waals surface area (Å²) >= 11 is 0. The molecule has 1 N–H and O–H groups in total. The SMILES string of the molecule is CCn1ccnc1CN1C[C@H]2CNC[C@H]2C1. The molecule has 16 heavy (non-hydrogen) atoms. The Labute approximate surface area is 96.7 Å². The lowest BCUT2D eigenvalue weighted by molar-refractivity contribution is 0.293. The van der Waals surface area contributed by atoms with E-state index in [0.717, 1.165) is 24.9 Å². The number of imidazole rings is 1. The molecule has 0 aromatic carbocycles. The summed E-state index contributed by atoms with van der Waals surface area (Å²) in [5.74, 6) is 2.98. The van der Waals surface area contributed by atoms with Gasteiger partial charge >= 0.3 is 0 Å². The quantitative estimate of drug-likeness (QED) is 0.808. The molecule has 2 saturated heterocycles. The zero-order chi connectivity index (χ0) is 11.0. The molecule has 4 nitrogen and oxygen atoms in total. The van der Waals surface area contributed by atoms with E-state index in [2.05, 4.69) is 32.9 Å². The Hall–Kier alpha value is -0.870. The molecular formula is C12H20N4. The lowest BCUT2D eigenvalue weighted by Crippen LogP contribution is -2.26. The number of aryl methyl sites for hydroxylation is 1. The maximum Gasteiger partial charge on any atom is 0.122 e. The molecule has 0 saturated carbocycles. The van der Waals surface area contributed by atoms with Crippen LogP contribution in [0.4, 0.5) is 0 Å². The van der Waals surface area contributed by atoms with E-state index in [9.17, 15) is 0 Å². The van der Waals surface area contributed by atoms with E-state index in [1.54, 1.807) is 0 Å². The van der Waals surface area contributed by atoms with Crippen LogP contribution in [0.15, 0.2) is 12.4 Å². The van der Waals surface area contributed by atoms with Gasteiger partial charge in [0.1, 0.15) is 5.82 Å². The van der Waals surface area contributed by atoms with Crippen molar-refractivity contribution in [1.29, 1.82) is 0 Å². The van der Waals surface area contributed by atoms with E-state index >= 15 is 0 Å². The third kappa shape index (κ3) is 1.76. The van der Waals surface area contributed by atoms with Crippen molar-refractivity contribution in [2.45, 2.75) is 20.0 Å². The van der Waals surface area contributed by atoms with Crippen LogP contribution in [0.2, 0.25) is 0 Å². The Kier molecular flexibility index (Phi) is 2.69. The summed E-state index contributed by atoms with van der Waals surface area (Å²) in [5, 5.41) is 3.48. The van der Waals surface area contributed by atoms with Gasteiger partial charge in [-0.15, -0.1) is 0 Å². The molecule has 0 amide bonds. The average molecular weight is 220 g/mol. The molecule has 0 spiro atoms. The zero-order valence-electron chi connectivity index (χ0n) is 9.89. The Morgan fingerprint density at radius 2 is 2.12 bits per heavy atom. The summed E-state index contributed by atoms with van der Waals surface area (Å²) in [6.07, 6.45) is 3.99. The number of nitrogens with zero attached hydrogens (tertiary/aromatic N) is 3. The van der Waals surface area contributed by atoms with Gasteiger partial charge in [0.25, 0.3) is 0 Å². The highest BCUT2D eigenvalue weighted by Crippen LogP contribution is 2.27. The van der Waals surface area contributed by atoms with Gasteiger partial charge in [-0.2, -0.15) is 0 Å². The smallest absolute Gasteiger partial charge is 0.122 e. The van der Waals surface area contributed by atoms with Gasteiger partial charge in [-0.25, -0.2) is 4.98 Å². The number of likely N-dealkylation sites (tertiary alicyclic amines) is 1. The molecule has 2 aliphatic rings. The van der Waals surface area contributed by atoms with E-state index in [4.69, 9.17) is 0 Å². The molecule has 3 heterocycles. The van der Waals surface area contributed by atoms with Crippen molar-refractivity contribution in [2.75, 3.05) is 26.2 Å². The van der Waals surface area contributed by atoms with Gasteiger partial charge in [0, 0.05) is 32.0 Å². The minimum atomic E-state index is 0.880. The third-order valence-electron chi connectivity index (χ3n) is 3.97. The van der Waals surface area contributed by atoms with Gasteiger partial charge < -0.3 is 9.88 Å². The molecule has 0 aliphatic carbocycles. The number of aromatic nitrogens is 2. The van der Waals surface area contributed by atoms with Crippen LogP contribution >= 0.6 is 0 Å². The molecule has 0 radical (unpaired) electrons. The molecule has 0 unspecified atom stereocenters. The van der Waals surface area contributed by atoms with Crippen molar-refractivity contribution < 1.29 is 0 Å². The highest BCUT2D eigenvalue weighted by Gasteiger charge is 2.36. The fourth-order valence-electron chi connectivity index (χ4n) is 3.06. The Morgan fingerprint density at radius 3 is 2.81 bits per heavy atom. The molecule has 2 atom stereocenters. The minimum Gasteiger partial charge on any atom is -0.334 e. The van der Waals surface area contributed by atoms with Crippen LogP contribution in [0.25, 0.3) is 0 Å². The Morgan fingerprint density at radius 1 is 1.38 bits per heavy atom. The molecule has 3 rings (SSSR count). The van der Waals surface area contributed by atoms with Gasteiger partial charge in [0.05, 0.1) is 6.54 Å². The van der Waals surface area contributed by atoms with Crippen LogP contribution in [-0.4, -0.2) is 40.6 Å². The predicted molar refractivity (Wildman–Crippen MR) is 63.0 cm³/mol. The second-order valence-corrected chi connectivity index (χ2v) is 5.00. The first-order valence-corrected chi connectivity index (χ1v) is 6.30. The van der Waals surface area contributed by atoms with Crippen molar-refractivity contribution in [1.82, 2.24) is 19.8 Å². The zero-order valence-corrected chi connectivity index (χ0v) is 9.89. The first kappa shape index (κ1) is 10.3. The summed E-state index contributed by atoms with van der Waals surface area (Å²) in [6.45, 7) is 9.13. The molecule has 2 fully saturated rings. The van der Waals surface area contributed by atoms with Crippen LogP contribution in [0.1, 0.15) is 12.7 Å². The van der Waals surface area contributed by atoms with E-state index in [1.807, 2.05) is 6.20 Å². The van der Waals surface area contributed by atoms with Gasteiger partial charge in [0.2, 0.25) is 0 Å². The normalized spacial score (nSPS) is 29.8. The lowest BCUT2D eigenvalue weighted by Gasteiger charge is -2.16. The summed E-state index contributed by atoms with van der Waals surface area (Å²) in [5.41, 5.74) is 0. The number of fused-ring (bicyclic) bond motifs is 1.